The lowest BCUT2D eigenvalue weighted by molar-refractivity contribution is -0.143. The van der Waals surface area contributed by atoms with Crippen LogP contribution in [0.15, 0.2) is 48.6 Å². The third-order valence-electron chi connectivity index (χ3n) is 12.1. The Morgan fingerprint density at radius 2 is 0.806 bits per heavy atom. The monoisotopic (exact) mass is 870 g/mol. The highest BCUT2D eigenvalue weighted by atomic mass is 16.5. The van der Waals surface area contributed by atoms with Gasteiger partial charge in [-0.3, -0.25) is 9.59 Å². The van der Waals surface area contributed by atoms with Gasteiger partial charge < -0.3 is 20.3 Å². The van der Waals surface area contributed by atoms with Crippen LogP contribution in [-0.4, -0.2) is 47.4 Å². The number of hydrogen-bond donors (Lipinski definition) is 3. The number of hydrogen-bond acceptors (Lipinski definition) is 5. The number of aliphatic hydroxyl groups excluding tert-OH is 2. The van der Waals surface area contributed by atoms with Gasteiger partial charge in [-0.1, -0.05) is 217 Å². The summed E-state index contributed by atoms with van der Waals surface area (Å²) in [6.07, 6.45) is 64.1. The van der Waals surface area contributed by atoms with Crippen LogP contribution in [-0.2, 0) is 14.3 Å². The van der Waals surface area contributed by atoms with E-state index in [1.54, 1.807) is 6.08 Å². The molecule has 0 saturated heterocycles. The maximum absolute atomic E-state index is 12.4. The first-order valence-electron chi connectivity index (χ1n) is 26.9. The Morgan fingerprint density at radius 3 is 1.24 bits per heavy atom. The molecule has 2 atom stereocenters. The number of amides is 1. The number of aliphatic hydroxyl groups is 2. The molecular weight excluding hydrogens is 767 g/mol. The number of ether oxygens (including phenoxy) is 1. The van der Waals surface area contributed by atoms with E-state index in [0.29, 0.717) is 19.4 Å². The van der Waals surface area contributed by atoms with Gasteiger partial charge in [-0.2, -0.15) is 0 Å². The highest BCUT2D eigenvalue weighted by Crippen LogP contribution is 2.15. The van der Waals surface area contributed by atoms with Crippen molar-refractivity contribution in [2.45, 2.75) is 283 Å². The molecule has 0 aliphatic rings. The third-order valence-corrected chi connectivity index (χ3v) is 12.1. The van der Waals surface area contributed by atoms with Gasteiger partial charge in [0, 0.05) is 12.8 Å². The van der Waals surface area contributed by atoms with Crippen LogP contribution in [0.25, 0.3) is 0 Å². The smallest absolute Gasteiger partial charge is 0.305 e. The summed E-state index contributed by atoms with van der Waals surface area (Å²) in [4.78, 5) is 24.4. The topological polar surface area (TPSA) is 95.9 Å². The molecule has 3 N–H and O–H groups in total. The average Bonchev–Trinajstić information content (AvgIpc) is 3.27. The fraction of sp³-hybridized carbons (Fsp3) is 0.821. The van der Waals surface area contributed by atoms with Crippen molar-refractivity contribution >= 4 is 11.9 Å². The molecule has 0 fully saturated rings. The zero-order chi connectivity index (χ0) is 45.1. The van der Waals surface area contributed by atoms with E-state index in [0.717, 1.165) is 77.0 Å². The second-order valence-electron chi connectivity index (χ2n) is 18.2. The zero-order valence-electron chi connectivity index (χ0n) is 41.1. The van der Waals surface area contributed by atoms with E-state index < -0.39 is 12.1 Å². The van der Waals surface area contributed by atoms with E-state index in [9.17, 15) is 19.8 Å². The van der Waals surface area contributed by atoms with Gasteiger partial charge in [0.25, 0.3) is 0 Å². The van der Waals surface area contributed by atoms with Crippen molar-refractivity contribution in [1.82, 2.24) is 5.32 Å². The molecule has 0 aliphatic heterocycles. The molecule has 0 heterocycles. The number of unbranched alkanes of at least 4 members (excludes halogenated alkanes) is 33. The van der Waals surface area contributed by atoms with Gasteiger partial charge in [-0.15, -0.1) is 0 Å². The summed E-state index contributed by atoms with van der Waals surface area (Å²) in [5.74, 6) is -0.117. The van der Waals surface area contributed by atoms with Crippen molar-refractivity contribution in [3.8, 4) is 0 Å². The van der Waals surface area contributed by atoms with Gasteiger partial charge in [0.05, 0.1) is 25.4 Å². The molecule has 0 aromatic carbocycles. The Bertz CT molecular complexity index is 1050. The molecule has 0 aromatic rings. The summed E-state index contributed by atoms with van der Waals surface area (Å²) >= 11 is 0. The number of carbonyl (C=O) groups is 2. The summed E-state index contributed by atoms with van der Waals surface area (Å²) in [5.41, 5.74) is 0. The minimum Gasteiger partial charge on any atom is -0.466 e. The number of esters is 1. The Morgan fingerprint density at radius 1 is 0.452 bits per heavy atom. The molecule has 6 heteroatoms. The molecule has 0 radical (unpaired) electrons. The van der Waals surface area contributed by atoms with Gasteiger partial charge in [0.2, 0.25) is 5.91 Å². The normalized spacial score (nSPS) is 13.0. The van der Waals surface area contributed by atoms with Crippen LogP contribution in [0.2, 0.25) is 0 Å². The van der Waals surface area contributed by atoms with Crippen molar-refractivity contribution in [3.05, 3.63) is 48.6 Å². The first kappa shape index (κ1) is 59.8. The minimum atomic E-state index is -0.858. The summed E-state index contributed by atoms with van der Waals surface area (Å²) < 4.78 is 5.45. The molecule has 6 nitrogen and oxygen atoms in total. The number of carbonyl (C=O) groups excluding carboxylic acids is 2. The Balaban J connectivity index is 3.52. The average molecular weight is 870 g/mol. The second kappa shape index (κ2) is 51.5. The Kier molecular flexibility index (Phi) is 49.6. The van der Waals surface area contributed by atoms with Gasteiger partial charge in [-0.25, -0.2) is 0 Å². The fourth-order valence-electron chi connectivity index (χ4n) is 7.91. The second-order valence-corrected chi connectivity index (χ2v) is 18.2. The quantitative estimate of drug-likeness (QED) is 0.0245. The molecule has 362 valence electrons. The first-order chi connectivity index (χ1) is 30.5. The van der Waals surface area contributed by atoms with E-state index in [1.165, 1.54) is 167 Å². The molecule has 0 saturated carbocycles. The van der Waals surface area contributed by atoms with Crippen molar-refractivity contribution in [3.63, 3.8) is 0 Å². The SMILES string of the molecule is CCCCCCCC/C=C\CCCCCCCCCCCC(=O)OCCCCC/C=C\C=C/CCCCCCCCC(=O)NC(CO)C(O)/C=C/CCCCCCCCCCC. The molecule has 1 amide bonds. The lowest BCUT2D eigenvalue weighted by Crippen LogP contribution is -2.45. The van der Waals surface area contributed by atoms with Gasteiger partial charge in [0.15, 0.2) is 0 Å². The highest BCUT2D eigenvalue weighted by molar-refractivity contribution is 5.76. The van der Waals surface area contributed by atoms with Crippen LogP contribution in [0.5, 0.6) is 0 Å². The van der Waals surface area contributed by atoms with Crippen molar-refractivity contribution < 1.29 is 24.5 Å². The predicted molar refractivity (Wildman–Crippen MR) is 269 cm³/mol. The Hall–Kier alpha value is -2.18. The van der Waals surface area contributed by atoms with E-state index in [2.05, 4.69) is 55.6 Å². The van der Waals surface area contributed by atoms with Gasteiger partial charge >= 0.3 is 5.97 Å². The van der Waals surface area contributed by atoms with Crippen molar-refractivity contribution in [2.75, 3.05) is 13.2 Å². The first-order valence-corrected chi connectivity index (χ1v) is 26.9. The number of allylic oxidation sites excluding steroid dienone is 7. The number of rotatable bonds is 49. The molecule has 0 rings (SSSR count). The van der Waals surface area contributed by atoms with E-state index in [1.807, 2.05) is 6.08 Å². The predicted octanol–water partition coefficient (Wildman–Crippen LogP) is 16.2. The molecule has 0 spiro atoms. The summed E-state index contributed by atoms with van der Waals surface area (Å²) in [6.45, 7) is 4.82. The summed E-state index contributed by atoms with van der Waals surface area (Å²) in [5, 5.41) is 23.0. The standard InChI is InChI=1S/C56H103NO5/c1-3-5-7-9-11-13-15-16-17-18-19-20-23-26-30-34-38-42-46-50-56(61)62-51-47-43-39-35-31-27-24-21-22-25-29-33-37-41-45-49-55(60)57-53(52-58)54(59)48-44-40-36-32-28-14-12-10-8-6-4-2/h16-17,21,24,27,31,44,48,53-54,58-59H,3-15,18-20,22-23,25-26,28-30,32-43,45-47,49-52H2,1-2H3,(H,57,60)/b17-16-,24-21-,31-27-,48-44+. The van der Waals surface area contributed by atoms with Crippen LogP contribution < -0.4 is 5.32 Å². The van der Waals surface area contributed by atoms with Crippen LogP contribution in [0.3, 0.4) is 0 Å². The Labute approximate surface area is 385 Å². The van der Waals surface area contributed by atoms with Crippen LogP contribution in [0.1, 0.15) is 271 Å². The molecule has 0 aliphatic carbocycles. The molecular formula is C56H103NO5. The number of nitrogens with one attached hydrogen (secondary N) is 1. The van der Waals surface area contributed by atoms with E-state index in [4.69, 9.17) is 4.74 Å². The van der Waals surface area contributed by atoms with Crippen molar-refractivity contribution in [2.24, 2.45) is 0 Å². The van der Waals surface area contributed by atoms with Crippen molar-refractivity contribution in [1.29, 1.82) is 0 Å². The van der Waals surface area contributed by atoms with Crippen LogP contribution in [0.4, 0.5) is 0 Å². The highest BCUT2D eigenvalue weighted by Gasteiger charge is 2.18. The molecule has 2 unspecified atom stereocenters. The fourth-order valence-corrected chi connectivity index (χ4v) is 7.91. The maximum Gasteiger partial charge on any atom is 0.305 e. The van der Waals surface area contributed by atoms with Gasteiger partial charge in [-0.05, 0) is 89.9 Å². The third kappa shape index (κ3) is 47.3. The van der Waals surface area contributed by atoms with E-state index >= 15 is 0 Å². The largest absolute Gasteiger partial charge is 0.466 e. The van der Waals surface area contributed by atoms with E-state index in [-0.39, 0.29) is 18.5 Å². The zero-order valence-corrected chi connectivity index (χ0v) is 41.1. The molecule has 0 bridgehead atoms. The maximum atomic E-state index is 12.4. The van der Waals surface area contributed by atoms with Crippen LogP contribution >= 0.6 is 0 Å². The lowest BCUT2D eigenvalue weighted by Gasteiger charge is -2.20. The summed E-state index contributed by atoms with van der Waals surface area (Å²) in [6, 6.07) is -0.644. The minimum absolute atomic E-state index is 0.0242. The molecule has 62 heavy (non-hydrogen) atoms. The molecule has 0 aromatic heterocycles. The lowest BCUT2D eigenvalue weighted by atomic mass is 10.1. The summed E-state index contributed by atoms with van der Waals surface area (Å²) in [7, 11) is 0. The van der Waals surface area contributed by atoms with Crippen LogP contribution in [0, 0.1) is 0 Å². The van der Waals surface area contributed by atoms with Gasteiger partial charge in [0.1, 0.15) is 0 Å².